The zero-order valence-electron chi connectivity index (χ0n) is 36.2. The standard InChI is InChI=1S/C50H61FO13/c1-55-39(52)28-18-4-2-3-5-19-29-56-49-42(40(53)41-38(61-49)33-60-48(62-41)37-26-16-9-17-27-37)63-50-46(59-32-36-24-14-8-15-25-36)44(58-31-35-22-12-7-13-23-35)43(45(64-50)47(51)54)57-30-34-20-10-6-11-21-34/h6-17,20-27,38,40-50,53-54H,2-5,18-19,28-33H2,1H3/t38-,40+,41-,42-,43+,44+,45+,46-,47?,48?,49+,50+/m1/s1. The summed E-state index contributed by atoms with van der Waals surface area (Å²) in [5, 5.41) is 23.0. The van der Waals surface area contributed by atoms with Crippen LogP contribution in [-0.4, -0.2) is 104 Å². The van der Waals surface area contributed by atoms with Gasteiger partial charge in [-0.2, -0.15) is 0 Å². The first-order chi connectivity index (χ1) is 31.4. The predicted octanol–water partition coefficient (Wildman–Crippen LogP) is 7.26. The van der Waals surface area contributed by atoms with Crippen molar-refractivity contribution < 1.29 is 66.8 Å². The van der Waals surface area contributed by atoms with Crippen LogP contribution in [0, 0.1) is 0 Å². The van der Waals surface area contributed by atoms with Crippen LogP contribution in [0.3, 0.4) is 0 Å². The van der Waals surface area contributed by atoms with Crippen LogP contribution in [0.1, 0.15) is 73.5 Å². The summed E-state index contributed by atoms with van der Waals surface area (Å²) in [6.07, 6.45) is -9.57. The van der Waals surface area contributed by atoms with Gasteiger partial charge in [0.05, 0.1) is 33.5 Å². The Hall–Kier alpha value is -4.16. The van der Waals surface area contributed by atoms with Crippen molar-refractivity contribution in [2.75, 3.05) is 20.3 Å². The van der Waals surface area contributed by atoms with E-state index in [1.165, 1.54) is 7.11 Å². The monoisotopic (exact) mass is 888 g/mol. The molecule has 3 heterocycles. The Morgan fingerprint density at radius 2 is 1.17 bits per heavy atom. The number of alkyl halides is 1. The number of rotatable bonds is 23. The fraction of sp³-hybridized carbons (Fsp3) is 0.500. The number of carbonyl (C=O) groups excluding carboxylic acids is 1. The third-order valence-corrected chi connectivity index (χ3v) is 11.6. The van der Waals surface area contributed by atoms with Crippen LogP contribution in [0.25, 0.3) is 0 Å². The Kier molecular flexibility index (Phi) is 18.6. The van der Waals surface area contributed by atoms with Crippen molar-refractivity contribution in [1.82, 2.24) is 0 Å². The Labute approximate surface area is 374 Å². The van der Waals surface area contributed by atoms with Gasteiger partial charge in [-0.05, 0) is 29.5 Å². The Morgan fingerprint density at radius 1 is 0.641 bits per heavy atom. The van der Waals surface area contributed by atoms with E-state index in [4.69, 9.17) is 47.4 Å². The van der Waals surface area contributed by atoms with Crippen molar-refractivity contribution in [3.63, 3.8) is 0 Å². The van der Waals surface area contributed by atoms with Crippen molar-refractivity contribution in [3.05, 3.63) is 144 Å². The van der Waals surface area contributed by atoms with E-state index >= 15 is 4.39 Å². The highest BCUT2D eigenvalue weighted by atomic mass is 19.1. The minimum absolute atomic E-state index is 0.0594. The SMILES string of the molecule is COC(=O)CCCCCCCCO[C@H]1O[C@@H]2COC(c3ccccc3)O[C@H]2[C@H](O)[C@H]1O[C@H]1O[C@H](C(O)F)[C@@H](OCc2ccccc2)[C@H](OCc2ccccc2)[C@H]1OCc1ccccc1. The number of aliphatic hydroxyl groups excluding tert-OH is 2. The van der Waals surface area contributed by atoms with Gasteiger partial charge in [-0.1, -0.05) is 147 Å². The summed E-state index contributed by atoms with van der Waals surface area (Å²) >= 11 is 0. The van der Waals surface area contributed by atoms with Gasteiger partial charge in [0.15, 0.2) is 18.9 Å². The van der Waals surface area contributed by atoms with E-state index in [9.17, 15) is 15.0 Å². The van der Waals surface area contributed by atoms with E-state index in [2.05, 4.69) is 0 Å². The van der Waals surface area contributed by atoms with Gasteiger partial charge in [-0.15, -0.1) is 0 Å². The van der Waals surface area contributed by atoms with Crippen molar-refractivity contribution in [2.24, 2.45) is 0 Å². The molecule has 64 heavy (non-hydrogen) atoms. The smallest absolute Gasteiger partial charge is 0.305 e. The van der Waals surface area contributed by atoms with Gasteiger partial charge in [-0.25, -0.2) is 4.39 Å². The summed E-state index contributed by atoms with van der Waals surface area (Å²) in [5.74, 6) is -0.207. The van der Waals surface area contributed by atoms with Gasteiger partial charge in [-0.3, -0.25) is 4.79 Å². The van der Waals surface area contributed by atoms with E-state index in [1.54, 1.807) is 0 Å². The Bertz CT molecular complexity index is 1910. The molecule has 4 aromatic rings. The average Bonchev–Trinajstić information content (AvgIpc) is 3.33. The summed E-state index contributed by atoms with van der Waals surface area (Å²) in [5.41, 5.74) is 3.26. The van der Waals surface area contributed by atoms with E-state index in [0.29, 0.717) is 12.8 Å². The van der Waals surface area contributed by atoms with Crippen molar-refractivity contribution >= 4 is 5.97 Å². The van der Waals surface area contributed by atoms with Crippen molar-refractivity contribution in [3.8, 4) is 0 Å². The molecule has 346 valence electrons. The van der Waals surface area contributed by atoms with Gasteiger partial charge in [0, 0.05) is 18.6 Å². The number of unbranched alkanes of at least 4 members (excludes halogenated alkanes) is 5. The highest BCUT2D eigenvalue weighted by Gasteiger charge is 2.56. The number of carbonyl (C=O) groups is 1. The number of fused-ring (bicyclic) bond motifs is 1. The Morgan fingerprint density at radius 3 is 1.75 bits per heavy atom. The fourth-order valence-electron chi connectivity index (χ4n) is 8.18. The molecule has 3 fully saturated rings. The molecule has 0 bridgehead atoms. The van der Waals surface area contributed by atoms with E-state index in [-0.39, 0.29) is 39.0 Å². The normalized spacial score (nSPS) is 28.5. The third-order valence-electron chi connectivity index (χ3n) is 11.6. The van der Waals surface area contributed by atoms with E-state index < -0.39 is 74.1 Å². The molecule has 14 heteroatoms. The van der Waals surface area contributed by atoms with Crippen LogP contribution in [0.4, 0.5) is 4.39 Å². The number of halogens is 1. The highest BCUT2D eigenvalue weighted by molar-refractivity contribution is 5.68. The molecule has 0 radical (unpaired) electrons. The van der Waals surface area contributed by atoms with Gasteiger partial charge in [0.25, 0.3) is 0 Å². The zero-order valence-corrected chi connectivity index (χ0v) is 36.2. The van der Waals surface area contributed by atoms with Crippen LogP contribution in [0.2, 0.25) is 0 Å². The quantitative estimate of drug-likeness (QED) is 0.0569. The maximum absolute atomic E-state index is 15.6. The molecule has 2 N–H and O–H groups in total. The maximum Gasteiger partial charge on any atom is 0.305 e. The number of ether oxygens (including phenoxy) is 10. The molecular weight excluding hydrogens is 828 g/mol. The van der Waals surface area contributed by atoms with Crippen LogP contribution in [-0.2, 0) is 72.0 Å². The lowest BCUT2D eigenvalue weighted by atomic mass is 9.95. The first-order valence-electron chi connectivity index (χ1n) is 22.3. The zero-order chi connectivity index (χ0) is 44.5. The number of benzene rings is 4. The first kappa shape index (κ1) is 47.8. The molecule has 3 aliphatic rings. The summed E-state index contributed by atoms with van der Waals surface area (Å²) in [6.45, 7) is 0.616. The second kappa shape index (κ2) is 24.9. The number of hydrogen-bond acceptors (Lipinski definition) is 13. The molecule has 0 saturated carbocycles. The summed E-state index contributed by atoms with van der Waals surface area (Å²) in [4.78, 5) is 11.5. The van der Waals surface area contributed by atoms with Gasteiger partial charge in [0.2, 0.25) is 6.36 Å². The summed E-state index contributed by atoms with van der Waals surface area (Å²) in [7, 11) is 1.39. The molecule has 4 aromatic carbocycles. The van der Waals surface area contributed by atoms with E-state index in [0.717, 1.165) is 54.4 Å². The minimum atomic E-state index is -2.53. The molecule has 3 saturated heterocycles. The molecule has 13 nitrogen and oxygen atoms in total. The lowest BCUT2D eigenvalue weighted by Gasteiger charge is -2.50. The number of hydrogen-bond donors (Lipinski definition) is 2. The summed E-state index contributed by atoms with van der Waals surface area (Å²) < 4.78 is 78.5. The second-order valence-corrected chi connectivity index (χ2v) is 16.3. The van der Waals surface area contributed by atoms with Crippen LogP contribution >= 0.6 is 0 Å². The van der Waals surface area contributed by atoms with Gasteiger partial charge >= 0.3 is 5.97 Å². The first-order valence-corrected chi connectivity index (χ1v) is 22.3. The number of esters is 1. The fourth-order valence-corrected chi connectivity index (χ4v) is 8.18. The lowest BCUT2D eigenvalue weighted by Crippen LogP contribution is -2.67. The molecule has 0 aromatic heterocycles. The average molecular weight is 889 g/mol. The molecule has 0 amide bonds. The largest absolute Gasteiger partial charge is 0.469 e. The van der Waals surface area contributed by atoms with Crippen LogP contribution in [0.15, 0.2) is 121 Å². The molecule has 0 aliphatic carbocycles. The van der Waals surface area contributed by atoms with Crippen molar-refractivity contribution in [2.45, 2.75) is 139 Å². The van der Waals surface area contributed by atoms with Crippen molar-refractivity contribution in [1.29, 1.82) is 0 Å². The molecule has 2 unspecified atom stereocenters. The molecular formula is C50H61FO13. The maximum atomic E-state index is 15.6. The topological polar surface area (TPSA) is 150 Å². The van der Waals surface area contributed by atoms with Gasteiger partial charge < -0.3 is 57.6 Å². The predicted molar refractivity (Wildman–Crippen MR) is 231 cm³/mol. The van der Waals surface area contributed by atoms with Crippen LogP contribution in [0.5, 0.6) is 0 Å². The van der Waals surface area contributed by atoms with E-state index in [1.807, 2.05) is 121 Å². The Balaban J connectivity index is 1.15. The third kappa shape index (κ3) is 13.5. The van der Waals surface area contributed by atoms with Crippen LogP contribution < -0.4 is 0 Å². The molecule has 0 spiro atoms. The second-order valence-electron chi connectivity index (χ2n) is 16.3. The minimum Gasteiger partial charge on any atom is -0.469 e. The highest BCUT2D eigenvalue weighted by Crippen LogP contribution is 2.39. The number of aliphatic hydroxyl groups is 2. The molecule has 3 aliphatic heterocycles. The molecule has 12 atom stereocenters. The molecule has 7 rings (SSSR count). The summed E-state index contributed by atoms with van der Waals surface area (Å²) in [6, 6.07) is 37.8. The lowest BCUT2D eigenvalue weighted by molar-refractivity contribution is -0.402. The number of methoxy groups -OCH3 is 1. The van der Waals surface area contributed by atoms with Gasteiger partial charge in [0.1, 0.15) is 48.8 Å².